The topological polar surface area (TPSA) is 62.5 Å². The fourth-order valence-corrected chi connectivity index (χ4v) is 3.06. The summed E-state index contributed by atoms with van der Waals surface area (Å²) in [6.45, 7) is 7.66. The van der Waals surface area contributed by atoms with Crippen molar-refractivity contribution >= 4 is 17.5 Å². The lowest BCUT2D eigenvalue weighted by atomic mass is 9.97. The lowest BCUT2D eigenvalue weighted by Crippen LogP contribution is -2.45. The summed E-state index contributed by atoms with van der Waals surface area (Å²) in [7, 11) is 0. The second-order valence-corrected chi connectivity index (χ2v) is 6.31. The maximum Gasteiger partial charge on any atom is 0.231 e. The Morgan fingerprint density at radius 3 is 2.95 bits per heavy atom. The first-order chi connectivity index (χ1) is 10.6. The van der Waals surface area contributed by atoms with Gasteiger partial charge in [-0.3, -0.25) is 9.20 Å². The van der Waals surface area contributed by atoms with Crippen LogP contribution in [0.15, 0.2) is 18.2 Å². The highest BCUT2D eigenvalue weighted by atomic mass is 16.2. The molecule has 0 radical (unpaired) electrons. The molecule has 1 amide bonds. The quantitative estimate of drug-likeness (QED) is 0.938. The van der Waals surface area contributed by atoms with Crippen LogP contribution in [0.3, 0.4) is 0 Å². The maximum atomic E-state index is 12.3. The molecule has 1 saturated heterocycles. The number of nitrogens with zero attached hydrogens (tertiary/aromatic N) is 4. The number of anilines is 1. The molecule has 1 atom stereocenters. The van der Waals surface area contributed by atoms with Crippen LogP contribution in [-0.2, 0) is 4.79 Å². The molecule has 1 N–H and O–H groups in total. The molecule has 0 aromatic carbocycles. The summed E-state index contributed by atoms with van der Waals surface area (Å²) in [5.74, 6) is 1.01. The van der Waals surface area contributed by atoms with E-state index in [9.17, 15) is 4.79 Å². The van der Waals surface area contributed by atoms with Crippen molar-refractivity contribution < 1.29 is 4.79 Å². The number of rotatable bonds is 3. The van der Waals surface area contributed by atoms with E-state index in [4.69, 9.17) is 0 Å². The minimum absolute atomic E-state index is 0.0209. The van der Waals surface area contributed by atoms with Gasteiger partial charge < -0.3 is 10.2 Å². The fraction of sp³-hybridized carbons (Fsp3) is 0.562. The van der Waals surface area contributed by atoms with Gasteiger partial charge in [-0.2, -0.15) is 0 Å². The first kappa shape index (κ1) is 14.8. The molecule has 2 aromatic heterocycles. The average molecular weight is 301 g/mol. The van der Waals surface area contributed by atoms with Crippen molar-refractivity contribution in [3.05, 3.63) is 23.9 Å². The normalized spacial score (nSPS) is 18.9. The fourth-order valence-electron chi connectivity index (χ4n) is 3.06. The third kappa shape index (κ3) is 2.77. The molecule has 22 heavy (non-hydrogen) atoms. The lowest BCUT2D eigenvalue weighted by molar-refractivity contribution is -0.125. The van der Waals surface area contributed by atoms with Crippen molar-refractivity contribution in [1.82, 2.24) is 19.9 Å². The van der Waals surface area contributed by atoms with Gasteiger partial charge in [0.1, 0.15) is 0 Å². The monoisotopic (exact) mass is 301 g/mol. The summed E-state index contributed by atoms with van der Waals surface area (Å²) < 4.78 is 2.06. The molecule has 6 nitrogen and oxygen atoms in total. The highest BCUT2D eigenvalue weighted by Crippen LogP contribution is 2.23. The van der Waals surface area contributed by atoms with Crippen molar-refractivity contribution in [2.45, 2.75) is 39.7 Å². The van der Waals surface area contributed by atoms with Crippen molar-refractivity contribution in [1.29, 1.82) is 0 Å². The Balaban J connectivity index is 1.83. The van der Waals surface area contributed by atoms with Gasteiger partial charge in [-0.1, -0.05) is 6.07 Å². The Morgan fingerprint density at radius 2 is 2.18 bits per heavy atom. The minimum Gasteiger partial charge on any atom is -0.354 e. The van der Waals surface area contributed by atoms with Gasteiger partial charge >= 0.3 is 0 Å². The number of aryl methyl sites for hydroxylation is 1. The van der Waals surface area contributed by atoms with Crippen molar-refractivity contribution in [3.63, 3.8) is 0 Å². The van der Waals surface area contributed by atoms with E-state index in [2.05, 4.69) is 24.8 Å². The van der Waals surface area contributed by atoms with Crippen molar-refractivity contribution in [3.8, 4) is 0 Å². The van der Waals surface area contributed by atoms with Gasteiger partial charge in [-0.05, 0) is 45.7 Å². The van der Waals surface area contributed by atoms with Crippen LogP contribution in [0.2, 0.25) is 0 Å². The Kier molecular flexibility index (Phi) is 4.00. The SMILES string of the molecule is Cc1cccc2nnc(N3CCC[C@H](C(=O)NC(C)C)C3)n12. The van der Waals surface area contributed by atoms with Gasteiger partial charge in [0.15, 0.2) is 5.65 Å². The highest BCUT2D eigenvalue weighted by molar-refractivity contribution is 5.79. The first-order valence-corrected chi connectivity index (χ1v) is 7.92. The summed E-state index contributed by atoms with van der Waals surface area (Å²) in [4.78, 5) is 14.5. The number of pyridine rings is 1. The molecule has 3 rings (SSSR count). The summed E-state index contributed by atoms with van der Waals surface area (Å²) in [6, 6.07) is 6.17. The molecular weight excluding hydrogens is 278 g/mol. The number of fused-ring (bicyclic) bond motifs is 1. The third-order valence-corrected chi connectivity index (χ3v) is 4.11. The second kappa shape index (κ2) is 5.94. The van der Waals surface area contributed by atoms with Gasteiger partial charge in [0.05, 0.1) is 5.92 Å². The smallest absolute Gasteiger partial charge is 0.231 e. The van der Waals surface area contributed by atoms with Crippen LogP contribution in [-0.4, -0.2) is 39.6 Å². The van der Waals surface area contributed by atoms with Crippen LogP contribution in [0, 0.1) is 12.8 Å². The van der Waals surface area contributed by atoms with E-state index in [-0.39, 0.29) is 17.9 Å². The first-order valence-electron chi connectivity index (χ1n) is 7.92. The van der Waals surface area contributed by atoms with Crippen molar-refractivity contribution in [2.24, 2.45) is 5.92 Å². The number of aromatic nitrogens is 3. The van der Waals surface area contributed by atoms with Crippen LogP contribution in [0.4, 0.5) is 5.95 Å². The molecule has 6 heteroatoms. The summed E-state index contributed by atoms with van der Waals surface area (Å²) in [5.41, 5.74) is 1.95. The number of hydrogen-bond donors (Lipinski definition) is 1. The molecule has 2 aromatic rings. The molecule has 0 bridgehead atoms. The number of carbonyl (C=O) groups excluding carboxylic acids is 1. The molecule has 1 aliphatic rings. The van der Waals surface area contributed by atoms with E-state index in [0.717, 1.165) is 36.7 Å². The van der Waals surface area contributed by atoms with E-state index in [1.807, 2.05) is 39.0 Å². The maximum absolute atomic E-state index is 12.3. The molecule has 0 saturated carbocycles. The van der Waals surface area contributed by atoms with E-state index in [1.54, 1.807) is 0 Å². The zero-order chi connectivity index (χ0) is 15.7. The van der Waals surface area contributed by atoms with E-state index >= 15 is 0 Å². The Morgan fingerprint density at radius 1 is 1.36 bits per heavy atom. The standard InChI is InChI=1S/C16H23N5O/c1-11(2)17-15(22)13-7-5-9-20(10-13)16-19-18-14-8-4-6-12(3)21(14)16/h4,6,8,11,13H,5,7,9-10H2,1-3H3,(H,17,22)/t13-/m0/s1. The van der Waals surface area contributed by atoms with Crippen molar-refractivity contribution in [2.75, 3.05) is 18.0 Å². The summed E-state index contributed by atoms with van der Waals surface area (Å²) in [6.07, 6.45) is 1.93. The van der Waals surface area contributed by atoms with Crippen LogP contribution >= 0.6 is 0 Å². The van der Waals surface area contributed by atoms with Crippen LogP contribution in [0.1, 0.15) is 32.4 Å². The van der Waals surface area contributed by atoms with Gasteiger partial charge in [0.2, 0.25) is 11.9 Å². The number of carbonyl (C=O) groups is 1. The zero-order valence-corrected chi connectivity index (χ0v) is 13.4. The summed E-state index contributed by atoms with van der Waals surface area (Å²) in [5, 5.41) is 11.6. The van der Waals surface area contributed by atoms with E-state index in [1.165, 1.54) is 0 Å². The largest absolute Gasteiger partial charge is 0.354 e. The Labute approximate surface area is 130 Å². The number of nitrogens with one attached hydrogen (secondary N) is 1. The highest BCUT2D eigenvalue weighted by Gasteiger charge is 2.28. The Hall–Kier alpha value is -2.11. The van der Waals surface area contributed by atoms with E-state index in [0.29, 0.717) is 6.54 Å². The number of piperidine rings is 1. The van der Waals surface area contributed by atoms with Crippen LogP contribution in [0.25, 0.3) is 5.65 Å². The molecule has 1 fully saturated rings. The average Bonchev–Trinajstić information content (AvgIpc) is 2.92. The minimum atomic E-state index is 0.0209. The van der Waals surface area contributed by atoms with Gasteiger partial charge in [-0.25, -0.2) is 0 Å². The predicted molar refractivity (Wildman–Crippen MR) is 85.9 cm³/mol. The second-order valence-electron chi connectivity index (χ2n) is 6.31. The molecule has 3 heterocycles. The van der Waals surface area contributed by atoms with Gasteiger partial charge in [-0.15, -0.1) is 10.2 Å². The summed E-state index contributed by atoms with van der Waals surface area (Å²) >= 11 is 0. The molecule has 0 unspecified atom stereocenters. The predicted octanol–water partition coefficient (Wildman–Crippen LogP) is 1.78. The molecule has 1 aliphatic heterocycles. The zero-order valence-electron chi connectivity index (χ0n) is 13.4. The van der Waals surface area contributed by atoms with Gasteiger partial charge in [0, 0.05) is 24.8 Å². The number of hydrogen-bond acceptors (Lipinski definition) is 4. The molecular formula is C16H23N5O. The number of amides is 1. The van der Waals surface area contributed by atoms with Crippen LogP contribution < -0.4 is 10.2 Å². The van der Waals surface area contributed by atoms with E-state index < -0.39 is 0 Å². The molecule has 0 spiro atoms. The Bertz CT molecular complexity index is 678. The molecule has 118 valence electrons. The van der Waals surface area contributed by atoms with Crippen LogP contribution in [0.5, 0.6) is 0 Å². The molecule has 0 aliphatic carbocycles. The van der Waals surface area contributed by atoms with Gasteiger partial charge in [0.25, 0.3) is 0 Å². The third-order valence-electron chi connectivity index (χ3n) is 4.11. The lowest BCUT2D eigenvalue weighted by Gasteiger charge is -2.32.